The molecule has 0 bridgehead atoms. The lowest BCUT2D eigenvalue weighted by Gasteiger charge is -2.40. The van der Waals surface area contributed by atoms with E-state index in [0.29, 0.717) is 5.69 Å². The second-order valence-electron chi connectivity index (χ2n) is 6.22. The number of amides is 2. The summed E-state index contributed by atoms with van der Waals surface area (Å²) in [5.74, 6) is 0. The normalized spacial score (nSPS) is 19.2. The molecular weight excluding hydrogens is 321 g/mol. The van der Waals surface area contributed by atoms with Crippen LogP contribution >= 0.6 is 0 Å². The van der Waals surface area contributed by atoms with Gasteiger partial charge < -0.3 is 15.1 Å². The minimum Gasteiger partial charge on any atom is -0.376 e. The van der Waals surface area contributed by atoms with E-state index in [2.05, 4.69) is 5.32 Å². The van der Waals surface area contributed by atoms with Gasteiger partial charge in [-0.1, -0.05) is 12.1 Å². The maximum atomic E-state index is 12.5. The molecule has 134 valence electrons. The van der Waals surface area contributed by atoms with Crippen molar-refractivity contribution >= 4 is 17.4 Å². The number of urea groups is 1. The summed E-state index contributed by atoms with van der Waals surface area (Å²) in [6, 6.07) is 6.77. The molecule has 0 unspecified atom stereocenters. The van der Waals surface area contributed by atoms with Gasteiger partial charge >= 0.3 is 12.2 Å². The zero-order chi connectivity index (χ0) is 17.9. The van der Waals surface area contributed by atoms with Crippen molar-refractivity contribution in [2.24, 2.45) is 0 Å². The number of carbonyl (C=O) groups excluding carboxylic acids is 1. The van der Waals surface area contributed by atoms with Gasteiger partial charge in [-0.25, -0.2) is 4.79 Å². The quantitative estimate of drug-likeness (QED) is 0.916. The number of hydrogen-bond acceptors (Lipinski definition) is 3. The first-order valence-corrected chi connectivity index (χ1v) is 7.80. The van der Waals surface area contributed by atoms with Crippen molar-refractivity contribution < 1.29 is 18.0 Å². The van der Waals surface area contributed by atoms with Gasteiger partial charge in [-0.05, 0) is 19.1 Å². The van der Waals surface area contributed by atoms with Gasteiger partial charge in [0.15, 0.2) is 0 Å². The Balaban J connectivity index is 1.98. The second-order valence-corrected chi connectivity index (χ2v) is 6.22. The third kappa shape index (κ3) is 4.77. The number of carbonyl (C=O) groups is 1. The zero-order valence-electron chi connectivity index (χ0n) is 14.1. The molecule has 2 rings (SSSR count). The molecule has 0 saturated carbocycles. The number of nitrogens with one attached hydrogen (secondary N) is 1. The molecule has 1 aromatic carbocycles. The number of alkyl halides is 3. The summed E-state index contributed by atoms with van der Waals surface area (Å²) in [6.07, 6.45) is -4.22. The van der Waals surface area contributed by atoms with Gasteiger partial charge in [0.25, 0.3) is 0 Å². The highest BCUT2D eigenvalue weighted by Gasteiger charge is 2.36. The Morgan fingerprint density at radius 1 is 1.29 bits per heavy atom. The van der Waals surface area contributed by atoms with Crippen LogP contribution in [0.3, 0.4) is 0 Å². The molecule has 1 aliphatic rings. The lowest BCUT2D eigenvalue weighted by molar-refractivity contribution is -0.153. The lowest BCUT2D eigenvalue weighted by Crippen LogP contribution is -2.56. The van der Waals surface area contributed by atoms with Gasteiger partial charge in [-0.2, -0.15) is 13.2 Å². The van der Waals surface area contributed by atoms with E-state index >= 15 is 0 Å². The van der Waals surface area contributed by atoms with Crippen molar-refractivity contribution in [2.75, 3.05) is 50.5 Å². The number of para-hydroxylation sites is 2. The molecule has 1 N–H and O–H groups in total. The molecule has 0 spiro atoms. The fourth-order valence-corrected chi connectivity index (χ4v) is 2.81. The standard InChI is InChI=1S/C16H23F3N4O/c1-12-10-22(8-9-23(12)11-16(17,18)19)15(24)20-13-6-4-5-7-14(13)21(2)3/h4-7,12H,8-11H2,1-3H3,(H,20,24)/t12-/m0/s1. The summed E-state index contributed by atoms with van der Waals surface area (Å²) in [6.45, 7) is 1.53. The van der Waals surface area contributed by atoms with Crippen LogP contribution < -0.4 is 10.2 Å². The van der Waals surface area contributed by atoms with Crippen LogP contribution in [0.15, 0.2) is 24.3 Å². The first kappa shape index (κ1) is 18.4. The number of nitrogens with zero attached hydrogens (tertiary/aromatic N) is 3. The first-order valence-electron chi connectivity index (χ1n) is 7.80. The summed E-state index contributed by atoms with van der Waals surface area (Å²) in [7, 11) is 3.76. The highest BCUT2D eigenvalue weighted by atomic mass is 19.4. The molecule has 5 nitrogen and oxygen atoms in total. The Hall–Kier alpha value is -1.96. The lowest BCUT2D eigenvalue weighted by atomic mass is 10.2. The van der Waals surface area contributed by atoms with Crippen LogP contribution in [0.5, 0.6) is 0 Å². The predicted molar refractivity (Wildman–Crippen MR) is 88.5 cm³/mol. The average Bonchev–Trinajstić information content (AvgIpc) is 2.48. The van der Waals surface area contributed by atoms with E-state index in [9.17, 15) is 18.0 Å². The molecule has 24 heavy (non-hydrogen) atoms. The first-order chi connectivity index (χ1) is 11.2. The molecule has 1 aliphatic heterocycles. The van der Waals surface area contributed by atoms with Gasteiger partial charge in [0.1, 0.15) is 0 Å². The Labute approximate surface area is 140 Å². The van der Waals surface area contributed by atoms with Crippen LogP contribution in [0.4, 0.5) is 29.3 Å². The van der Waals surface area contributed by atoms with Crippen LogP contribution in [0.1, 0.15) is 6.92 Å². The van der Waals surface area contributed by atoms with Crippen LogP contribution in [-0.2, 0) is 0 Å². The van der Waals surface area contributed by atoms with Crippen molar-refractivity contribution in [3.05, 3.63) is 24.3 Å². The Bertz CT molecular complexity index is 577. The molecule has 1 saturated heterocycles. The van der Waals surface area contributed by atoms with Crippen molar-refractivity contribution in [3.63, 3.8) is 0 Å². The molecule has 2 amide bonds. The van der Waals surface area contributed by atoms with Gasteiger partial charge in [-0.3, -0.25) is 4.90 Å². The fraction of sp³-hybridized carbons (Fsp3) is 0.562. The number of anilines is 2. The summed E-state index contributed by atoms with van der Waals surface area (Å²) in [5, 5.41) is 2.85. The summed E-state index contributed by atoms with van der Waals surface area (Å²) >= 11 is 0. The Morgan fingerprint density at radius 3 is 2.54 bits per heavy atom. The second kappa shape index (κ2) is 7.29. The third-order valence-corrected chi connectivity index (χ3v) is 4.06. The molecular formula is C16H23F3N4O. The van der Waals surface area contributed by atoms with Crippen molar-refractivity contribution in [1.29, 1.82) is 0 Å². The van der Waals surface area contributed by atoms with Gasteiger partial charge in [0, 0.05) is 39.8 Å². The van der Waals surface area contributed by atoms with Crippen molar-refractivity contribution in [3.8, 4) is 0 Å². The SMILES string of the molecule is C[C@H]1CN(C(=O)Nc2ccccc2N(C)C)CCN1CC(F)(F)F. The van der Waals surface area contributed by atoms with Crippen molar-refractivity contribution in [1.82, 2.24) is 9.80 Å². The summed E-state index contributed by atoms with van der Waals surface area (Å²) in [5.41, 5.74) is 1.55. The minimum absolute atomic E-state index is 0.212. The Kier molecular flexibility index (Phi) is 5.58. The minimum atomic E-state index is -4.22. The predicted octanol–water partition coefficient (Wildman–Crippen LogP) is 2.85. The Morgan fingerprint density at radius 2 is 1.96 bits per heavy atom. The number of benzene rings is 1. The number of halogens is 3. The highest BCUT2D eigenvalue weighted by Crippen LogP contribution is 2.25. The molecule has 1 heterocycles. The van der Waals surface area contributed by atoms with E-state index in [0.717, 1.165) is 5.69 Å². The van der Waals surface area contributed by atoms with E-state index in [1.807, 2.05) is 37.2 Å². The van der Waals surface area contributed by atoms with Crippen molar-refractivity contribution in [2.45, 2.75) is 19.1 Å². The highest BCUT2D eigenvalue weighted by molar-refractivity contribution is 5.93. The van der Waals surface area contributed by atoms with Crippen LogP contribution in [0, 0.1) is 0 Å². The summed E-state index contributed by atoms with van der Waals surface area (Å²) in [4.78, 5) is 17.2. The van der Waals surface area contributed by atoms with Gasteiger partial charge in [0.05, 0.1) is 17.9 Å². The molecule has 1 fully saturated rings. The smallest absolute Gasteiger partial charge is 0.376 e. The number of hydrogen-bond donors (Lipinski definition) is 1. The molecule has 1 aromatic rings. The third-order valence-electron chi connectivity index (χ3n) is 4.06. The molecule has 0 radical (unpaired) electrons. The zero-order valence-corrected chi connectivity index (χ0v) is 14.1. The van der Waals surface area contributed by atoms with E-state index in [4.69, 9.17) is 0 Å². The molecule has 8 heteroatoms. The summed E-state index contributed by atoms with van der Waals surface area (Å²) < 4.78 is 37.6. The number of rotatable bonds is 3. The maximum absolute atomic E-state index is 12.5. The largest absolute Gasteiger partial charge is 0.401 e. The molecule has 1 atom stereocenters. The maximum Gasteiger partial charge on any atom is 0.401 e. The van der Waals surface area contributed by atoms with Crippen LogP contribution in [0.25, 0.3) is 0 Å². The molecule has 0 aliphatic carbocycles. The fourth-order valence-electron chi connectivity index (χ4n) is 2.81. The monoisotopic (exact) mass is 344 g/mol. The topological polar surface area (TPSA) is 38.8 Å². The van der Waals surface area contributed by atoms with E-state index in [1.165, 1.54) is 4.90 Å². The number of piperazine rings is 1. The molecule has 0 aromatic heterocycles. The van der Waals surface area contributed by atoms with Gasteiger partial charge in [0.2, 0.25) is 0 Å². The average molecular weight is 344 g/mol. The van der Waals surface area contributed by atoms with Gasteiger partial charge in [-0.15, -0.1) is 0 Å². The van der Waals surface area contributed by atoms with Crippen LogP contribution in [-0.4, -0.2) is 68.3 Å². The van der Waals surface area contributed by atoms with Crippen LogP contribution in [0.2, 0.25) is 0 Å². The van der Waals surface area contributed by atoms with E-state index in [-0.39, 0.29) is 31.7 Å². The van der Waals surface area contributed by atoms with E-state index < -0.39 is 12.7 Å². The van der Waals surface area contributed by atoms with E-state index in [1.54, 1.807) is 17.9 Å².